The number of hydrogen-bond donors (Lipinski definition) is 2. The van der Waals surface area contributed by atoms with Gasteiger partial charge >= 0.3 is 12.1 Å². The van der Waals surface area contributed by atoms with E-state index in [-0.39, 0.29) is 79.1 Å². The smallest absolute Gasteiger partial charge is 0.416 e. The van der Waals surface area contributed by atoms with Crippen molar-refractivity contribution in [2.75, 3.05) is 19.6 Å². The fourth-order valence-corrected chi connectivity index (χ4v) is 7.63. The molecule has 2 N–H and O–H groups in total. The van der Waals surface area contributed by atoms with Crippen LogP contribution in [0.4, 0.5) is 35.1 Å². The van der Waals surface area contributed by atoms with E-state index in [2.05, 4.69) is 11.2 Å². The summed E-state index contributed by atoms with van der Waals surface area (Å²) in [7, 11) is 0. The summed E-state index contributed by atoms with van der Waals surface area (Å²) >= 11 is 0. The lowest BCUT2D eigenvalue weighted by molar-refractivity contribution is -0.139. The van der Waals surface area contributed by atoms with Gasteiger partial charge in [0.25, 0.3) is 11.5 Å². The highest BCUT2D eigenvalue weighted by Gasteiger charge is 2.57. The van der Waals surface area contributed by atoms with Crippen LogP contribution in [0, 0.1) is 55.5 Å². The van der Waals surface area contributed by atoms with Crippen molar-refractivity contribution in [3.05, 3.63) is 91.6 Å². The van der Waals surface area contributed by atoms with Gasteiger partial charge < -0.3 is 19.9 Å². The molecule has 1 saturated carbocycles. The molecule has 1 saturated heterocycles. The molecule has 0 radical (unpaired) electrons. The number of rotatable bonds is 12. The highest BCUT2D eigenvalue weighted by molar-refractivity contribution is 5.82. The van der Waals surface area contributed by atoms with E-state index in [9.17, 15) is 45.8 Å². The van der Waals surface area contributed by atoms with Crippen molar-refractivity contribution in [1.82, 2.24) is 14.8 Å². The van der Waals surface area contributed by atoms with Gasteiger partial charge in [0.1, 0.15) is 23.5 Å². The molecule has 0 bridgehead atoms. The van der Waals surface area contributed by atoms with Crippen molar-refractivity contribution < 1.29 is 49.8 Å². The molecule has 1 amide bonds. The molecule has 7 nitrogen and oxygen atoms in total. The molecule has 15 heteroatoms. The molecule has 55 heavy (non-hydrogen) atoms. The van der Waals surface area contributed by atoms with Crippen LogP contribution < -0.4 is 10.9 Å². The van der Waals surface area contributed by atoms with Gasteiger partial charge in [-0.3, -0.25) is 14.4 Å². The molecule has 2 fully saturated rings. The molecule has 296 valence electrons. The van der Waals surface area contributed by atoms with Crippen molar-refractivity contribution in [3.8, 4) is 23.5 Å². The first kappa shape index (κ1) is 41.5. The van der Waals surface area contributed by atoms with Crippen molar-refractivity contribution in [2.24, 2.45) is 11.8 Å². The van der Waals surface area contributed by atoms with E-state index in [1.165, 1.54) is 13.8 Å². The number of hydrogen-bond acceptors (Lipinski definition) is 4. The Bertz CT molecular complexity index is 2060. The molecular formula is C40H41F8N3O4. The highest BCUT2D eigenvalue weighted by Crippen LogP contribution is 2.49. The number of nitrogens with one attached hydrogen (secondary N) is 1. The number of likely N-dealkylation sites (tertiary alicyclic amines) is 1. The number of amides is 1. The van der Waals surface area contributed by atoms with Gasteiger partial charge in [0.05, 0.1) is 23.6 Å². The molecule has 1 aliphatic heterocycles. The Hall–Kier alpha value is -4.71. The predicted molar refractivity (Wildman–Crippen MR) is 188 cm³/mol. The zero-order valence-corrected chi connectivity index (χ0v) is 30.6. The summed E-state index contributed by atoms with van der Waals surface area (Å²) in [6.45, 7) is 6.85. The number of carboxylic acid groups (broad SMARTS) is 1. The molecule has 2 aliphatic rings. The quantitative estimate of drug-likeness (QED) is 0.143. The fourth-order valence-electron chi connectivity index (χ4n) is 7.63. The maximum absolute atomic E-state index is 16.6. The monoisotopic (exact) mass is 779 g/mol. The Morgan fingerprint density at radius 1 is 1.04 bits per heavy atom. The maximum atomic E-state index is 16.6. The Labute approximate surface area is 312 Å². The van der Waals surface area contributed by atoms with Crippen LogP contribution in [0.5, 0.6) is 0 Å². The standard InChI is InChI=1S/C40H41F8N3O4/c1-6-23-14-27(34-21(4)12-26(41)13-22(34)5)37(43)35(36(23)42)30(16-33(53)54)49-38(55)31(11-20(2)3)51-19-28(29(15-32(51)52)40(46,47)48)24-7-9-50(10-8-24)18-25-17-39(25,44)45/h1,12-15,19-20,24-25,30-31H,7-11,16-18H2,2-5H3,(H,49,55)(H,53,54)/t25-,30+,31-/m1/s1. The third kappa shape index (κ3) is 9.06. The van der Waals surface area contributed by atoms with Gasteiger partial charge in [0, 0.05) is 42.3 Å². The van der Waals surface area contributed by atoms with E-state index < -0.39 is 94.0 Å². The molecule has 2 heterocycles. The first-order chi connectivity index (χ1) is 25.6. The molecule has 0 unspecified atom stereocenters. The summed E-state index contributed by atoms with van der Waals surface area (Å²) in [5.41, 5.74) is -3.72. The number of halogens is 8. The predicted octanol–water partition coefficient (Wildman–Crippen LogP) is 8.30. The lowest BCUT2D eigenvalue weighted by atomic mass is 9.87. The van der Waals surface area contributed by atoms with Crippen molar-refractivity contribution in [1.29, 1.82) is 0 Å². The number of carbonyl (C=O) groups is 2. The second-order valence-electron chi connectivity index (χ2n) is 15.0. The Morgan fingerprint density at radius 2 is 1.64 bits per heavy atom. The van der Waals surface area contributed by atoms with Crippen molar-refractivity contribution >= 4 is 11.9 Å². The molecule has 1 aliphatic carbocycles. The van der Waals surface area contributed by atoms with Crippen LogP contribution in [0.3, 0.4) is 0 Å². The fraction of sp³-hybridized carbons (Fsp3) is 0.475. The lowest BCUT2D eigenvalue weighted by Gasteiger charge is -2.34. The van der Waals surface area contributed by atoms with E-state index in [4.69, 9.17) is 6.42 Å². The average Bonchev–Trinajstić information content (AvgIpc) is 3.68. The van der Waals surface area contributed by atoms with Crippen molar-refractivity contribution in [3.63, 3.8) is 0 Å². The number of carboxylic acids is 1. The minimum atomic E-state index is -4.96. The molecule has 3 atom stereocenters. The Kier molecular flexibility index (Phi) is 11.9. The lowest BCUT2D eigenvalue weighted by Crippen LogP contribution is -2.41. The molecule has 5 rings (SSSR count). The molecule has 0 spiro atoms. The third-order valence-electron chi connectivity index (χ3n) is 10.4. The van der Waals surface area contributed by atoms with E-state index in [1.54, 1.807) is 18.7 Å². The summed E-state index contributed by atoms with van der Waals surface area (Å²) < 4.78 is 118. The van der Waals surface area contributed by atoms with E-state index in [0.717, 1.165) is 29.0 Å². The van der Waals surface area contributed by atoms with Crippen LogP contribution in [0.2, 0.25) is 0 Å². The largest absolute Gasteiger partial charge is 0.481 e. The third-order valence-corrected chi connectivity index (χ3v) is 10.4. The maximum Gasteiger partial charge on any atom is 0.416 e. The molecule has 2 aromatic carbocycles. The minimum Gasteiger partial charge on any atom is -0.481 e. The van der Waals surface area contributed by atoms with Crippen molar-refractivity contribution in [2.45, 2.75) is 89.9 Å². The van der Waals surface area contributed by atoms with Crippen LogP contribution in [-0.4, -0.2) is 52.0 Å². The number of aryl methyl sites for hydroxylation is 2. The number of piperidine rings is 1. The van der Waals surface area contributed by atoms with Gasteiger partial charge in [-0.25, -0.2) is 22.0 Å². The number of benzene rings is 2. The van der Waals surface area contributed by atoms with Gasteiger partial charge in [-0.15, -0.1) is 6.42 Å². The number of nitrogens with zero attached hydrogens (tertiary/aromatic N) is 2. The number of carbonyl (C=O) groups excluding carboxylic acids is 1. The van der Waals surface area contributed by atoms with Gasteiger partial charge in [-0.1, -0.05) is 19.8 Å². The second-order valence-corrected chi connectivity index (χ2v) is 15.0. The van der Waals surface area contributed by atoms with Gasteiger partial charge in [0.2, 0.25) is 5.91 Å². The second kappa shape index (κ2) is 15.8. The van der Waals surface area contributed by atoms with Crippen LogP contribution in [-0.2, 0) is 15.8 Å². The van der Waals surface area contributed by atoms with E-state index in [1.807, 2.05) is 0 Å². The first-order valence-electron chi connectivity index (χ1n) is 17.8. The van der Waals surface area contributed by atoms with Crippen LogP contribution in [0.1, 0.15) is 97.3 Å². The summed E-state index contributed by atoms with van der Waals surface area (Å²) in [5.74, 6) is -8.55. The summed E-state index contributed by atoms with van der Waals surface area (Å²) in [6.07, 6.45) is 0.387. The summed E-state index contributed by atoms with van der Waals surface area (Å²) in [6, 6.07) is 0.129. The van der Waals surface area contributed by atoms with Gasteiger partial charge in [-0.05, 0) is 98.5 Å². The van der Waals surface area contributed by atoms with E-state index in [0.29, 0.717) is 6.07 Å². The molecule has 1 aromatic heterocycles. The van der Waals surface area contributed by atoms with E-state index >= 15 is 8.78 Å². The number of alkyl halides is 5. The molecule has 3 aromatic rings. The first-order valence-corrected chi connectivity index (χ1v) is 17.8. The highest BCUT2D eigenvalue weighted by atomic mass is 19.4. The number of aliphatic carboxylic acids is 1. The number of aromatic nitrogens is 1. The van der Waals surface area contributed by atoms with Crippen LogP contribution in [0.25, 0.3) is 11.1 Å². The summed E-state index contributed by atoms with van der Waals surface area (Å²) in [5, 5.41) is 12.2. The number of pyridine rings is 1. The zero-order chi connectivity index (χ0) is 40.7. The summed E-state index contributed by atoms with van der Waals surface area (Å²) in [4.78, 5) is 41.5. The Balaban J connectivity index is 1.56. The van der Waals surface area contributed by atoms with Gasteiger partial charge in [0.15, 0.2) is 0 Å². The molecular weight excluding hydrogens is 738 g/mol. The van der Waals surface area contributed by atoms with Crippen LogP contribution in [0.15, 0.2) is 35.3 Å². The zero-order valence-electron chi connectivity index (χ0n) is 30.6. The normalized spacial score (nSPS) is 18.5. The minimum absolute atomic E-state index is 0.107. The average molecular weight is 780 g/mol. The Morgan fingerprint density at radius 3 is 2.15 bits per heavy atom. The number of terminal acetylenes is 1. The van der Waals surface area contributed by atoms with Gasteiger partial charge in [-0.2, -0.15) is 13.2 Å². The topological polar surface area (TPSA) is 91.6 Å². The SMILES string of the molecule is C#Cc1cc(-c2c(C)cc(F)cc2C)c(F)c([C@H](CC(=O)O)NC(=O)[C@@H](CC(C)C)n2cc(C3CCN(C[C@H]4CC4(F)F)CC3)c(C(F)(F)F)cc2=O)c1F. The van der Waals surface area contributed by atoms with Crippen LogP contribution >= 0.6 is 0 Å².